The standard InChI is InChI=1S/C7H10BFO2/c1-5-4-6(9)2-3-7(5)8(10)11/h2-5,7,10-11H,1H3. The first-order chi connectivity index (χ1) is 5.11. The highest BCUT2D eigenvalue weighted by Crippen LogP contribution is 2.28. The van der Waals surface area contributed by atoms with Crippen LogP contribution in [-0.2, 0) is 0 Å². The molecule has 0 radical (unpaired) electrons. The maximum Gasteiger partial charge on any atom is 0.459 e. The van der Waals surface area contributed by atoms with Gasteiger partial charge in [-0.25, -0.2) is 4.39 Å². The third-order valence-corrected chi connectivity index (χ3v) is 1.85. The summed E-state index contributed by atoms with van der Waals surface area (Å²) in [5.74, 6) is -0.844. The molecule has 0 amide bonds. The molecule has 0 fully saturated rings. The van der Waals surface area contributed by atoms with Crippen LogP contribution in [0.15, 0.2) is 24.1 Å². The Bertz CT molecular complexity index is 201. The molecule has 0 aromatic carbocycles. The molecule has 2 N–H and O–H groups in total. The number of halogens is 1. The van der Waals surface area contributed by atoms with Crippen LogP contribution in [0.1, 0.15) is 6.92 Å². The number of allylic oxidation sites excluding steroid dienone is 4. The molecular formula is C7H10BFO2. The Morgan fingerprint density at radius 3 is 2.64 bits per heavy atom. The molecule has 60 valence electrons. The largest absolute Gasteiger partial charge is 0.459 e. The Hall–Kier alpha value is -0.605. The van der Waals surface area contributed by atoms with Crippen LogP contribution in [0, 0.1) is 5.92 Å². The van der Waals surface area contributed by atoms with E-state index in [-0.39, 0.29) is 17.6 Å². The average Bonchev–Trinajstić information content (AvgIpc) is 1.85. The highest BCUT2D eigenvalue weighted by molar-refractivity contribution is 6.44. The van der Waals surface area contributed by atoms with Crippen LogP contribution in [0.5, 0.6) is 0 Å². The second-order valence-corrected chi connectivity index (χ2v) is 2.76. The molecule has 11 heavy (non-hydrogen) atoms. The van der Waals surface area contributed by atoms with Crippen molar-refractivity contribution >= 4 is 7.12 Å². The van der Waals surface area contributed by atoms with Gasteiger partial charge in [-0.1, -0.05) is 13.0 Å². The average molecular weight is 156 g/mol. The van der Waals surface area contributed by atoms with Crippen LogP contribution in [0.25, 0.3) is 0 Å². The first kappa shape index (κ1) is 8.49. The summed E-state index contributed by atoms with van der Waals surface area (Å²) in [6.07, 6.45) is 4.11. The van der Waals surface area contributed by atoms with Crippen LogP contribution in [0.3, 0.4) is 0 Å². The monoisotopic (exact) mass is 156 g/mol. The first-order valence-corrected chi connectivity index (χ1v) is 3.53. The summed E-state index contributed by atoms with van der Waals surface area (Å²) < 4.78 is 12.5. The number of hydrogen-bond acceptors (Lipinski definition) is 2. The van der Waals surface area contributed by atoms with Crippen molar-refractivity contribution in [3.63, 3.8) is 0 Å². The number of hydrogen-bond donors (Lipinski definition) is 2. The van der Waals surface area contributed by atoms with Gasteiger partial charge >= 0.3 is 7.12 Å². The van der Waals surface area contributed by atoms with Gasteiger partial charge in [-0.05, 0) is 18.1 Å². The molecule has 0 aliphatic heterocycles. The summed E-state index contributed by atoms with van der Waals surface area (Å²) in [5, 5.41) is 17.6. The molecule has 0 spiro atoms. The minimum atomic E-state index is -1.40. The molecule has 2 unspecified atom stereocenters. The van der Waals surface area contributed by atoms with Gasteiger partial charge in [0.15, 0.2) is 0 Å². The Kier molecular flexibility index (Phi) is 2.47. The molecule has 2 nitrogen and oxygen atoms in total. The van der Waals surface area contributed by atoms with E-state index in [1.165, 1.54) is 18.2 Å². The fourth-order valence-corrected chi connectivity index (χ4v) is 1.17. The van der Waals surface area contributed by atoms with E-state index in [0.29, 0.717) is 0 Å². The molecule has 0 aromatic rings. The smallest absolute Gasteiger partial charge is 0.427 e. The van der Waals surface area contributed by atoms with E-state index in [4.69, 9.17) is 10.0 Å². The zero-order valence-corrected chi connectivity index (χ0v) is 6.24. The van der Waals surface area contributed by atoms with E-state index < -0.39 is 7.12 Å². The third-order valence-electron chi connectivity index (χ3n) is 1.85. The van der Waals surface area contributed by atoms with Crippen molar-refractivity contribution < 1.29 is 14.4 Å². The molecule has 1 rings (SSSR count). The lowest BCUT2D eigenvalue weighted by atomic mass is 9.65. The third kappa shape index (κ3) is 1.91. The molecule has 0 bridgehead atoms. The van der Waals surface area contributed by atoms with E-state index in [9.17, 15) is 4.39 Å². The molecular weight excluding hydrogens is 146 g/mol. The van der Waals surface area contributed by atoms with Crippen molar-refractivity contribution in [1.29, 1.82) is 0 Å². The minimum Gasteiger partial charge on any atom is -0.427 e. The van der Waals surface area contributed by atoms with Gasteiger partial charge < -0.3 is 10.0 Å². The fourth-order valence-electron chi connectivity index (χ4n) is 1.17. The van der Waals surface area contributed by atoms with Crippen LogP contribution in [0.2, 0.25) is 5.82 Å². The summed E-state index contributed by atoms with van der Waals surface area (Å²) >= 11 is 0. The van der Waals surface area contributed by atoms with Crippen LogP contribution in [0.4, 0.5) is 4.39 Å². The molecule has 0 heterocycles. The Balaban J connectivity index is 2.69. The van der Waals surface area contributed by atoms with Crippen molar-refractivity contribution in [2.24, 2.45) is 5.92 Å². The fraction of sp³-hybridized carbons (Fsp3) is 0.429. The van der Waals surface area contributed by atoms with Crippen LogP contribution in [-0.4, -0.2) is 17.2 Å². The molecule has 0 saturated carbocycles. The van der Waals surface area contributed by atoms with Crippen molar-refractivity contribution in [1.82, 2.24) is 0 Å². The molecule has 0 saturated heterocycles. The molecule has 2 atom stereocenters. The summed E-state index contributed by atoms with van der Waals surface area (Å²) in [6, 6.07) is 0. The highest BCUT2D eigenvalue weighted by atomic mass is 19.1. The Morgan fingerprint density at radius 1 is 1.55 bits per heavy atom. The summed E-state index contributed by atoms with van der Waals surface area (Å²) in [5.41, 5.74) is 0. The molecule has 0 aromatic heterocycles. The zero-order chi connectivity index (χ0) is 8.43. The number of rotatable bonds is 1. The van der Waals surface area contributed by atoms with E-state index in [1.807, 2.05) is 0 Å². The Morgan fingerprint density at radius 2 is 2.18 bits per heavy atom. The van der Waals surface area contributed by atoms with Gasteiger partial charge in [0.05, 0.1) is 0 Å². The highest BCUT2D eigenvalue weighted by Gasteiger charge is 2.27. The van der Waals surface area contributed by atoms with Crippen molar-refractivity contribution in [3.8, 4) is 0 Å². The van der Waals surface area contributed by atoms with Crippen molar-refractivity contribution in [2.45, 2.75) is 12.7 Å². The molecule has 1 aliphatic carbocycles. The lowest BCUT2D eigenvalue weighted by molar-refractivity contribution is 0.380. The van der Waals surface area contributed by atoms with E-state index >= 15 is 0 Å². The Labute approximate surface area is 65.2 Å². The van der Waals surface area contributed by atoms with Crippen LogP contribution >= 0.6 is 0 Å². The molecule has 1 aliphatic rings. The summed E-state index contributed by atoms with van der Waals surface area (Å²) in [7, 11) is -1.40. The predicted octanol–water partition coefficient (Wildman–Crippen LogP) is 0.889. The summed E-state index contributed by atoms with van der Waals surface area (Å²) in [4.78, 5) is 0. The second kappa shape index (κ2) is 3.20. The van der Waals surface area contributed by atoms with Gasteiger partial charge in [-0.3, -0.25) is 0 Å². The lowest BCUT2D eigenvalue weighted by Crippen LogP contribution is -2.24. The second-order valence-electron chi connectivity index (χ2n) is 2.76. The summed E-state index contributed by atoms with van der Waals surface area (Å²) in [6.45, 7) is 1.74. The van der Waals surface area contributed by atoms with Crippen molar-refractivity contribution in [2.75, 3.05) is 0 Å². The van der Waals surface area contributed by atoms with E-state index in [2.05, 4.69) is 0 Å². The first-order valence-electron chi connectivity index (χ1n) is 3.53. The van der Waals surface area contributed by atoms with Gasteiger partial charge in [0.1, 0.15) is 5.83 Å². The molecule has 4 heteroatoms. The van der Waals surface area contributed by atoms with Gasteiger partial charge in [0.2, 0.25) is 0 Å². The quantitative estimate of drug-likeness (QED) is 0.553. The van der Waals surface area contributed by atoms with E-state index in [1.54, 1.807) is 6.92 Å². The van der Waals surface area contributed by atoms with Gasteiger partial charge in [0, 0.05) is 5.82 Å². The van der Waals surface area contributed by atoms with Crippen LogP contribution < -0.4 is 0 Å². The minimum absolute atomic E-state index is 0.153. The maximum atomic E-state index is 12.5. The lowest BCUT2D eigenvalue weighted by Gasteiger charge is -2.19. The predicted molar refractivity (Wildman–Crippen MR) is 41.4 cm³/mol. The maximum absolute atomic E-state index is 12.5. The van der Waals surface area contributed by atoms with Gasteiger partial charge in [0.25, 0.3) is 0 Å². The topological polar surface area (TPSA) is 40.5 Å². The van der Waals surface area contributed by atoms with Gasteiger partial charge in [-0.2, -0.15) is 0 Å². The SMILES string of the molecule is CC1C=C(F)C=CC1B(O)O. The zero-order valence-electron chi connectivity index (χ0n) is 6.24. The van der Waals surface area contributed by atoms with E-state index in [0.717, 1.165) is 0 Å². The normalized spacial score (nSPS) is 30.0. The van der Waals surface area contributed by atoms with Crippen molar-refractivity contribution in [3.05, 3.63) is 24.1 Å². The van der Waals surface area contributed by atoms with Gasteiger partial charge in [-0.15, -0.1) is 0 Å².